The van der Waals surface area contributed by atoms with Crippen LogP contribution in [0.5, 0.6) is 0 Å². The molecular weight excluding hydrogens is 424 g/mol. The number of pyridine rings is 1. The molecule has 0 radical (unpaired) electrons. The van der Waals surface area contributed by atoms with E-state index in [4.69, 9.17) is 9.72 Å². The number of rotatable bonds is 8. The predicted molar refractivity (Wildman–Crippen MR) is 123 cm³/mol. The zero-order valence-electron chi connectivity index (χ0n) is 18.1. The van der Waals surface area contributed by atoms with Gasteiger partial charge in [0, 0.05) is 25.2 Å². The summed E-state index contributed by atoms with van der Waals surface area (Å²) in [5.41, 5.74) is 3.82. The molecule has 9 heteroatoms. The zero-order chi connectivity index (χ0) is 22.5. The molecule has 0 aliphatic carbocycles. The molecule has 0 bridgehead atoms. The predicted octanol–water partition coefficient (Wildman–Crippen LogP) is 4.12. The number of amides is 1. The number of hydrogen-bond acceptors (Lipinski definition) is 7. The van der Waals surface area contributed by atoms with Crippen molar-refractivity contribution in [3.05, 3.63) is 76.8 Å². The second-order valence-corrected chi connectivity index (χ2v) is 8.16. The van der Waals surface area contributed by atoms with E-state index in [1.165, 1.54) is 6.20 Å². The Morgan fingerprint density at radius 1 is 1.25 bits per heavy atom. The van der Waals surface area contributed by atoms with Crippen LogP contribution in [0.3, 0.4) is 0 Å². The Bertz CT molecular complexity index is 1190. The Hall–Kier alpha value is -3.43. The van der Waals surface area contributed by atoms with Gasteiger partial charge in [0.15, 0.2) is 0 Å². The number of hydrogen-bond donors (Lipinski definition) is 1. The second kappa shape index (κ2) is 9.80. The standard InChI is InChI=1S/C23H24N6O2S/c1-4-31-14-19-18(22(30)27-16(3)17-7-9-24-10-8-17)13-26-29(19)23-25-12-15(2)21(28-23)20-6-5-11-32-20/h5-13,16H,4,14H2,1-3H3,(H,27,30). The van der Waals surface area contributed by atoms with Gasteiger partial charge < -0.3 is 10.1 Å². The van der Waals surface area contributed by atoms with Crippen LogP contribution >= 0.6 is 11.3 Å². The van der Waals surface area contributed by atoms with E-state index >= 15 is 0 Å². The fraction of sp³-hybridized carbons (Fsp3) is 0.261. The number of carbonyl (C=O) groups excluding carboxylic acids is 1. The van der Waals surface area contributed by atoms with Crippen LogP contribution in [0, 0.1) is 6.92 Å². The lowest BCUT2D eigenvalue weighted by Crippen LogP contribution is -2.27. The number of ether oxygens (including phenoxy) is 1. The normalized spacial score (nSPS) is 12.0. The third-order valence-corrected chi connectivity index (χ3v) is 5.89. The van der Waals surface area contributed by atoms with E-state index in [1.54, 1.807) is 34.6 Å². The van der Waals surface area contributed by atoms with Crippen LogP contribution in [0.4, 0.5) is 0 Å². The van der Waals surface area contributed by atoms with Crippen LogP contribution in [0.15, 0.2) is 54.4 Å². The van der Waals surface area contributed by atoms with Crippen molar-refractivity contribution in [2.24, 2.45) is 0 Å². The number of carbonyl (C=O) groups is 1. The molecule has 0 fully saturated rings. The highest BCUT2D eigenvalue weighted by Gasteiger charge is 2.22. The molecule has 0 saturated heterocycles. The summed E-state index contributed by atoms with van der Waals surface area (Å²) < 4.78 is 7.23. The largest absolute Gasteiger partial charge is 0.375 e. The van der Waals surface area contributed by atoms with Gasteiger partial charge in [-0.2, -0.15) is 9.78 Å². The van der Waals surface area contributed by atoms with E-state index in [0.717, 1.165) is 21.7 Å². The third kappa shape index (κ3) is 4.58. The lowest BCUT2D eigenvalue weighted by atomic mass is 10.1. The minimum Gasteiger partial charge on any atom is -0.375 e. The van der Waals surface area contributed by atoms with Crippen LogP contribution in [0.2, 0.25) is 0 Å². The first-order chi connectivity index (χ1) is 15.6. The molecule has 4 rings (SSSR count). The Morgan fingerprint density at radius 2 is 2.06 bits per heavy atom. The third-order valence-electron chi connectivity index (χ3n) is 5.01. The quantitative estimate of drug-likeness (QED) is 0.436. The van der Waals surface area contributed by atoms with Crippen LogP contribution in [-0.4, -0.2) is 37.2 Å². The first kappa shape index (κ1) is 21.8. The molecule has 0 spiro atoms. The summed E-state index contributed by atoms with van der Waals surface area (Å²) in [4.78, 5) is 27.4. The monoisotopic (exact) mass is 448 g/mol. The van der Waals surface area contributed by atoms with Gasteiger partial charge in [-0.1, -0.05) is 6.07 Å². The molecule has 4 aromatic heterocycles. The zero-order valence-corrected chi connectivity index (χ0v) is 19.0. The summed E-state index contributed by atoms with van der Waals surface area (Å²) in [6.07, 6.45) is 6.72. The smallest absolute Gasteiger partial charge is 0.255 e. The Balaban J connectivity index is 1.67. The maximum atomic E-state index is 13.1. The molecule has 1 N–H and O–H groups in total. The fourth-order valence-electron chi connectivity index (χ4n) is 3.28. The summed E-state index contributed by atoms with van der Waals surface area (Å²) >= 11 is 1.61. The highest BCUT2D eigenvalue weighted by Crippen LogP contribution is 2.26. The molecule has 32 heavy (non-hydrogen) atoms. The molecule has 0 aliphatic heterocycles. The Morgan fingerprint density at radius 3 is 2.78 bits per heavy atom. The van der Waals surface area contributed by atoms with Gasteiger partial charge >= 0.3 is 0 Å². The fourth-order valence-corrected chi connectivity index (χ4v) is 4.06. The molecule has 1 amide bonds. The van der Waals surface area contributed by atoms with E-state index in [0.29, 0.717) is 23.8 Å². The van der Waals surface area contributed by atoms with Crippen molar-refractivity contribution < 1.29 is 9.53 Å². The van der Waals surface area contributed by atoms with Gasteiger partial charge in [-0.15, -0.1) is 11.3 Å². The van der Waals surface area contributed by atoms with Gasteiger partial charge in [0.25, 0.3) is 11.9 Å². The van der Waals surface area contributed by atoms with Crippen molar-refractivity contribution in [3.63, 3.8) is 0 Å². The van der Waals surface area contributed by atoms with Crippen LogP contribution < -0.4 is 5.32 Å². The first-order valence-electron chi connectivity index (χ1n) is 10.3. The van der Waals surface area contributed by atoms with E-state index in [9.17, 15) is 4.79 Å². The molecule has 0 aromatic carbocycles. The minimum atomic E-state index is -0.235. The molecule has 4 heterocycles. The van der Waals surface area contributed by atoms with Crippen molar-refractivity contribution in [3.8, 4) is 16.5 Å². The molecule has 164 valence electrons. The molecule has 1 unspecified atom stereocenters. The van der Waals surface area contributed by atoms with Gasteiger partial charge in [-0.25, -0.2) is 9.97 Å². The van der Waals surface area contributed by atoms with Crippen molar-refractivity contribution in [1.29, 1.82) is 0 Å². The van der Waals surface area contributed by atoms with Gasteiger partial charge in [-0.05, 0) is 55.5 Å². The minimum absolute atomic E-state index is 0.185. The van der Waals surface area contributed by atoms with E-state index in [-0.39, 0.29) is 18.6 Å². The highest BCUT2D eigenvalue weighted by atomic mass is 32.1. The number of nitrogens with zero attached hydrogens (tertiary/aromatic N) is 5. The van der Waals surface area contributed by atoms with Crippen molar-refractivity contribution >= 4 is 17.2 Å². The van der Waals surface area contributed by atoms with Crippen LogP contribution in [0.1, 0.15) is 47.1 Å². The number of aromatic nitrogens is 5. The maximum absolute atomic E-state index is 13.1. The number of nitrogens with one attached hydrogen (secondary N) is 1. The molecule has 8 nitrogen and oxygen atoms in total. The molecule has 1 atom stereocenters. The lowest BCUT2D eigenvalue weighted by molar-refractivity contribution is 0.0928. The van der Waals surface area contributed by atoms with Gasteiger partial charge in [0.05, 0.1) is 40.7 Å². The van der Waals surface area contributed by atoms with Crippen LogP contribution in [0.25, 0.3) is 16.5 Å². The molecule has 0 saturated carbocycles. The summed E-state index contributed by atoms with van der Waals surface area (Å²) in [5.74, 6) is 0.163. The number of thiophene rings is 1. The van der Waals surface area contributed by atoms with Gasteiger partial charge in [0.2, 0.25) is 0 Å². The van der Waals surface area contributed by atoms with E-state index < -0.39 is 0 Å². The van der Waals surface area contributed by atoms with Gasteiger partial charge in [0.1, 0.15) is 0 Å². The molecular formula is C23H24N6O2S. The summed E-state index contributed by atoms with van der Waals surface area (Å²) in [6, 6.07) is 7.58. The first-order valence-corrected chi connectivity index (χ1v) is 11.2. The van der Waals surface area contributed by atoms with E-state index in [1.807, 2.05) is 50.4 Å². The lowest BCUT2D eigenvalue weighted by Gasteiger charge is -2.15. The Labute approximate surface area is 190 Å². The summed E-state index contributed by atoms with van der Waals surface area (Å²) in [6.45, 7) is 6.53. The highest BCUT2D eigenvalue weighted by molar-refractivity contribution is 7.13. The Kier molecular flexibility index (Phi) is 6.67. The average Bonchev–Trinajstić information content (AvgIpc) is 3.49. The SMILES string of the molecule is CCOCc1c(C(=O)NC(C)c2ccncc2)cnn1-c1ncc(C)c(-c2cccs2)n1. The van der Waals surface area contributed by atoms with Gasteiger partial charge in [-0.3, -0.25) is 9.78 Å². The van der Waals surface area contributed by atoms with Crippen molar-refractivity contribution in [1.82, 2.24) is 30.0 Å². The number of aryl methyl sites for hydroxylation is 1. The average molecular weight is 449 g/mol. The van der Waals surface area contributed by atoms with E-state index in [2.05, 4.69) is 20.4 Å². The summed E-state index contributed by atoms with van der Waals surface area (Å²) in [5, 5.41) is 9.47. The van der Waals surface area contributed by atoms with Crippen molar-refractivity contribution in [2.75, 3.05) is 6.61 Å². The van der Waals surface area contributed by atoms with Crippen molar-refractivity contribution in [2.45, 2.75) is 33.4 Å². The molecule has 4 aromatic rings. The maximum Gasteiger partial charge on any atom is 0.255 e. The topological polar surface area (TPSA) is 94.8 Å². The molecule has 0 aliphatic rings. The van der Waals surface area contributed by atoms with Crippen LogP contribution in [-0.2, 0) is 11.3 Å². The second-order valence-electron chi connectivity index (χ2n) is 7.21. The summed E-state index contributed by atoms with van der Waals surface area (Å²) in [7, 11) is 0.